The van der Waals surface area contributed by atoms with Crippen molar-refractivity contribution in [2.45, 2.75) is 0 Å². The second-order valence-electron chi connectivity index (χ2n) is 4.11. The first-order valence-corrected chi connectivity index (χ1v) is 6.01. The Morgan fingerprint density at radius 2 is 2.20 bits per heavy atom. The van der Waals surface area contributed by atoms with Crippen molar-refractivity contribution in [2.75, 3.05) is 25.6 Å². The molecule has 1 heterocycles. The van der Waals surface area contributed by atoms with Gasteiger partial charge in [0.05, 0.1) is 12.2 Å². The molecular weight excluding hydrogens is 258 g/mol. The molecule has 2 amide bonds. The lowest BCUT2D eigenvalue weighted by molar-refractivity contribution is -0.117. The first-order valence-electron chi connectivity index (χ1n) is 6.01. The quantitative estimate of drug-likeness (QED) is 0.478. The van der Waals surface area contributed by atoms with Crippen LogP contribution in [0.4, 0.5) is 5.69 Å². The molecule has 102 valence electrons. The van der Waals surface area contributed by atoms with Crippen molar-refractivity contribution < 1.29 is 14.3 Å². The van der Waals surface area contributed by atoms with Gasteiger partial charge in [0.2, 0.25) is 0 Å². The van der Waals surface area contributed by atoms with E-state index in [1.807, 2.05) is 6.07 Å². The topological polar surface area (TPSA) is 91.2 Å². The molecule has 6 nitrogen and oxygen atoms in total. The van der Waals surface area contributed by atoms with Gasteiger partial charge in [0.15, 0.2) is 0 Å². The summed E-state index contributed by atoms with van der Waals surface area (Å²) < 4.78 is 4.82. The number of para-hydroxylation sites is 1. The molecule has 0 aromatic heterocycles. The van der Waals surface area contributed by atoms with Crippen LogP contribution in [0.3, 0.4) is 0 Å². The van der Waals surface area contributed by atoms with E-state index in [9.17, 15) is 14.9 Å². The second-order valence-corrected chi connectivity index (χ2v) is 4.11. The van der Waals surface area contributed by atoms with Crippen molar-refractivity contribution in [1.82, 2.24) is 5.32 Å². The third-order valence-electron chi connectivity index (χ3n) is 2.85. The number of methoxy groups -OCH3 is 1. The van der Waals surface area contributed by atoms with Crippen LogP contribution in [0.15, 0.2) is 29.8 Å². The molecule has 0 unspecified atom stereocenters. The fourth-order valence-corrected chi connectivity index (χ4v) is 1.94. The number of carbonyl (C=O) groups is 2. The number of nitrogens with zero attached hydrogens (tertiary/aromatic N) is 1. The molecule has 0 atom stereocenters. The normalized spacial score (nSPS) is 15.1. The van der Waals surface area contributed by atoms with Gasteiger partial charge in [0, 0.05) is 24.9 Å². The minimum absolute atomic E-state index is 0.109. The Morgan fingerprint density at radius 3 is 2.90 bits per heavy atom. The number of anilines is 1. The Labute approximate surface area is 116 Å². The summed E-state index contributed by atoms with van der Waals surface area (Å²) >= 11 is 0. The van der Waals surface area contributed by atoms with Crippen molar-refractivity contribution >= 4 is 23.1 Å². The molecule has 0 spiro atoms. The van der Waals surface area contributed by atoms with E-state index in [4.69, 9.17) is 4.74 Å². The summed E-state index contributed by atoms with van der Waals surface area (Å²) in [5, 5.41) is 14.3. The van der Waals surface area contributed by atoms with Gasteiger partial charge in [-0.05, 0) is 6.07 Å². The third-order valence-corrected chi connectivity index (χ3v) is 2.85. The molecule has 0 fully saturated rings. The molecule has 2 rings (SSSR count). The van der Waals surface area contributed by atoms with Gasteiger partial charge in [0.1, 0.15) is 11.6 Å². The van der Waals surface area contributed by atoms with Crippen LogP contribution in [-0.2, 0) is 14.3 Å². The van der Waals surface area contributed by atoms with Gasteiger partial charge >= 0.3 is 0 Å². The van der Waals surface area contributed by atoms with Crippen molar-refractivity contribution in [3.05, 3.63) is 35.4 Å². The maximum atomic E-state index is 12.0. The number of nitriles is 1. The highest BCUT2D eigenvalue weighted by Crippen LogP contribution is 2.33. The lowest BCUT2D eigenvalue weighted by Gasteiger charge is -2.05. The zero-order chi connectivity index (χ0) is 14.5. The molecule has 6 heteroatoms. The zero-order valence-electron chi connectivity index (χ0n) is 10.9. The lowest BCUT2D eigenvalue weighted by Crippen LogP contribution is -2.29. The fourth-order valence-electron chi connectivity index (χ4n) is 1.94. The van der Waals surface area contributed by atoms with Gasteiger partial charge in [-0.15, -0.1) is 0 Å². The van der Waals surface area contributed by atoms with Crippen LogP contribution in [0.25, 0.3) is 5.57 Å². The average Bonchev–Trinajstić information content (AvgIpc) is 2.77. The van der Waals surface area contributed by atoms with E-state index in [0.29, 0.717) is 17.9 Å². The molecule has 0 saturated carbocycles. The van der Waals surface area contributed by atoms with Crippen molar-refractivity contribution in [1.29, 1.82) is 5.26 Å². The Hall–Kier alpha value is -2.65. The smallest absolute Gasteiger partial charge is 0.262 e. The largest absolute Gasteiger partial charge is 0.383 e. The van der Waals surface area contributed by atoms with Crippen LogP contribution in [0, 0.1) is 11.3 Å². The molecule has 1 aromatic carbocycles. The Balaban J connectivity index is 2.36. The van der Waals surface area contributed by atoms with Crippen LogP contribution in [0.2, 0.25) is 0 Å². The molecule has 0 saturated heterocycles. The first kappa shape index (κ1) is 13.8. The number of ether oxygens (including phenoxy) is 1. The van der Waals surface area contributed by atoms with Crippen molar-refractivity contribution in [3.63, 3.8) is 0 Å². The van der Waals surface area contributed by atoms with Gasteiger partial charge in [0.25, 0.3) is 11.8 Å². The predicted molar refractivity (Wildman–Crippen MR) is 72.5 cm³/mol. The Kier molecular flexibility index (Phi) is 4.13. The van der Waals surface area contributed by atoms with Crippen molar-refractivity contribution in [2.24, 2.45) is 0 Å². The van der Waals surface area contributed by atoms with Gasteiger partial charge in [-0.1, -0.05) is 18.2 Å². The van der Waals surface area contributed by atoms with E-state index in [2.05, 4.69) is 10.6 Å². The third kappa shape index (κ3) is 2.53. The molecule has 0 bridgehead atoms. The SMILES string of the molecule is COCCNC(=O)C(C#N)=C1C(=O)Nc2ccccc21. The number of rotatable bonds is 4. The fraction of sp³-hybridized carbons (Fsp3) is 0.214. The molecule has 20 heavy (non-hydrogen) atoms. The van der Waals surface area contributed by atoms with E-state index < -0.39 is 11.8 Å². The van der Waals surface area contributed by atoms with Crippen LogP contribution in [0.5, 0.6) is 0 Å². The molecule has 1 aromatic rings. The minimum Gasteiger partial charge on any atom is -0.383 e. The zero-order valence-corrected chi connectivity index (χ0v) is 10.9. The van der Waals surface area contributed by atoms with Gasteiger partial charge in [-0.3, -0.25) is 9.59 Å². The lowest BCUT2D eigenvalue weighted by atomic mass is 10.0. The summed E-state index contributed by atoms with van der Waals surface area (Å²) in [6.07, 6.45) is 0. The van der Waals surface area contributed by atoms with Gasteiger partial charge in [-0.25, -0.2) is 0 Å². The monoisotopic (exact) mass is 271 g/mol. The average molecular weight is 271 g/mol. The molecule has 1 aliphatic heterocycles. The van der Waals surface area contributed by atoms with Crippen LogP contribution >= 0.6 is 0 Å². The first-order chi connectivity index (χ1) is 9.69. The summed E-state index contributed by atoms with van der Waals surface area (Å²) in [5.74, 6) is -1.02. The number of carbonyl (C=O) groups excluding carboxylic acids is 2. The standard InChI is InChI=1S/C14H13N3O3/c1-20-7-6-16-13(18)10(8-15)12-9-4-2-3-5-11(9)17-14(12)19/h2-5H,6-7H2,1H3,(H,16,18)(H,17,19). The number of amides is 2. The summed E-state index contributed by atoms with van der Waals surface area (Å²) in [6, 6.07) is 8.74. The highest BCUT2D eigenvalue weighted by molar-refractivity contribution is 6.36. The number of hydrogen-bond donors (Lipinski definition) is 2. The Bertz CT molecular complexity index is 629. The van der Waals surface area contributed by atoms with E-state index in [1.165, 1.54) is 7.11 Å². The molecule has 2 N–H and O–H groups in total. The van der Waals surface area contributed by atoms with Crippen LogP contribution < -0.4 is 10.6 Å². The molecule has 0 radical (unpaired) electrons. The van der Waals surface area contributed by atoms with E-state index in [1.54, 1.807) is 24.3 Å². The minimum atomic E-state index is -0.577. The summed E-state index contributed by atoms with van der Waals surface area (Å²) in [7, 11) is 1.51. The molecule has 1 aliphatic rings. The van der Waals surface area contributed by atoms with Gasteiger partial charge < -0.3 is 15.4 Å². The maximum absolute atomic E-state index is 12.0. The van der Waals surface area contributed by atoms with E-state index in [0.717, 1.165) is 0 Å². The molecule has 0 aliphatic carbocycles. The van der Waals surface area contributed by atoms with Gasteiger partial charge in [-0.2, -0.15) is 5.26 Å². The van der Waals surface area contributed by atoms with Crippen LogP contribution in [0.1, 0.15) is 5.56 Å². The number of fused-ring (bicyclic) bond motifs is 1. The second kappa shape index (κ2) is 5.99. The van der Waals surface area contributed by atoms with E-state index in [-0.39, 0.29) is 17.7 Å². The predicted octanol–water partition coefficient (Wildman–Crippen LogP) is 0.678. The highest BCUT2D eigenvalue weighted by Gasteiger charge is 2.29. The van der Waals surface area contributed by atoms with E-state index >= 15 is 0 Å². The number of hydrogen-bond acceptors (Lipinski definition) is 4. The summed E-state index contributed by atoms with van der Waals surface area (Å²) in [6.45, 7) is 0.611. The summed E-state index contributed by atoms with van der Waals surface area (Å²) in [4.78, 5) is 23.9. The summed E-state index contributed by atoms with van der Waals surface area (Å²) in [5.41, 5.74) is 1.09. The Morgan fingerprint density at radius 1 is 1.45 bits per heavy atom. The van der Waals surface area contributed by atoms with Crippen molar-refractivity contribution in [3.8, 4) is 6.07 Å². The highest BCUT2D eigenvalue weighted by atomic mass is 16.5. The molecular formula is C14H13N3O3. The number of nitrogens with one attached hydrogen (secondary N) is 2. The maximum Gasteiger partial charge on any atom is 0.262 e. The van der Waals surface area contributed by atoms with Crippen LogP contribution in [-0.4, -0.2) is 32.1 Å². The number of benzene rings is 1.